The first kappa shape index (κ1) is 19.0. The zero-order valence-electron chi connectivity index (χ0n) is 15.7. The summed E-state index contributed by atoms with van der Waals surface area (Å²) in [6.45, 7) is 3.97. The Kier molecular flexibility index (Phi) is 4.93. The third-order valence-corrected chi connectivity index (χ3v) is 5.69. The Morgan fingerprint density at radius 3 is 2.71 bits per heavy atom. The van der Waals surface area contributed by atoms with Crippen molar-refractivity contribution in [1.29, 1.82) is 5.41 Å². The van der Waals surface area contributed by atoms with Crippen LogP contribution in [0.4, 0.5) is 4.39 Å². The lowest BCUT2D eigenvalue weighted by Gasteiger charge is -2.32. The highest BCUT2D eigenvalue weighted by Gasteiger charge is 2.42. The summed E-state index contributed by atoms with van der Waals surface area (Å²) in [5.74, 6) is 0.130. The lowest BCUT2D eigenvalue weighted by molar-refractivity contribution is -0.0711. The van der Waals surface area contributed by atoms with Gasteiger partial charge in [0.15, 0.2) is 11.5 Å². The van der Waals surface area contributed by atoms with Crippen LogP contribution in [-0.2, 0) is 5.79 Å². The number of rotatable bonds is 4. The van der Waals surface area contributed by atoms with Crippen molar-refractivity contribution in [3.8, 4) is 11.5 Å². The van der Waals surface area contributed by atoms with Crippen molar-refractivity contribution in [1.82, 2.24) is 4.90 Å². The number of likely N-dealkylation sites (tertiary alicyclic amines) is 1. The van der Waals surface area contributed by atoms with Gasteiger partial charge in [-0.2, -0.15) is 0 Å². The minimum absolute atomic E-state index is 0.191. The predicted octanol–water partition coefficient (Wildman–Crippen LogP) is 4.24. The average Bonchev–Trinajstić information content (AvgIpc) is 2.98. The highest BCUT2D eigenvalue weighted by Crippen LogP contribution is 2.49. The van der Waals surface area contributed by atoms with Crippen molar-refractivity contribution in [2.24, 2.45) is 5.73 Å². The summed E-state index contributed by atoms with van der Waals surface area (Å²) in [6.07, 6.45) is 1.89. The van der Waals surface area contributed by atoms with Crippen molar-refractivity contribution >= 4 is 17.4 Å². The Morgan fingerprint density at radius 2 is 2.04 bits per heavy atom. The van der Waals surface area contributed by atoms with E-state index in [4.69, 9.17) is 32.2 Å². The third-order valence-electron chi connectivity index (χ3n) is 5.45. The molecule has 148 valence electrons. The smallest absolute Gasteiger partial charge is 0.278 e. The third kappa shape index (κ3) is 3.54. The lowest BCUT2D eigenvalue weighted by atomic mass is 9.88. The van der Waals surface area contributed by atoms with Crippen molar-refractivity contribution < 1.29 is 13.9 Å². The van der Waals surface area contributed by atoms with Gasteiger partial charge in [0.1, 0.15) is 11.7 Å². The quantitative estimate of drug-likeness (QED) is 0.591. The van der Waals surface area contributed by atoms with E-state index in [1.807, 2.05) is 12.1 Å². The van der Waals surface area contributed by atoms with Crippen LogP contribution in [0.2, 0.25) is 5.02 Å². The number of nitrogens with one attached hydrogen (secondary N) is 1. The van der Waals surface area contributed by atoms with Crippen LogP contribution in [0, 0.1) is 11.2 Å². The molecular weight excluding hydrogens is 381 g/mol. The number of ether oxygens (including phenoxy) is 2. The first-order valence-electron chi connectivity index (χ1n) is 9.37. The number of amidine groups is 1. The van der Waals surface area contributed by atoms with Gasteiger partial charge >= 0.3 is 0 Å². The van der Waals surface area contributed by atoms with E-state index in [1.165, 1.54) is 6.07 Å². The van der Waals surface area contributed by atoms with E-state index < -0.39 is 11.6 Å². The molecule has 2 aliphatic heterocycles. The van der Waals surface area contributed by atoms with Gasteiger partial charge in [0.2, 0.25) is 0 Å². The highest BCUT2D eigenvalue weighted by atomic mass is 35.5. The zero-order valence-corrected chi connectivity index (χ0v) is 16.4. The number of halogens is 2. The molecule has 0 saturated carbocycles. The first-order valence-corrected chi connectivity index (χ1v) is 9.75. The Balaban J connectivity index is 1.57. The summed E-state index contributed by atoms with van der Waals surface area (Å²) in [4.78, 5) is 2.19. The van der Waals surface area contributed by atoms with Crippen LogP contribution >= 0.6 is 11.6 Å². The fourth-order valence-electron chi connectivity index (χ4n) is 4.08. The predicted molar refractivity (Wildman–Crippen MR) is 107 cm³/mol. The first-order chi connectivity index (χ1) is 13.4. The molecule has 0 amide bonds. The topological polar surface area (TPSA) is 71.6 Å². The summed E-state index contributed by atoms with van der Waals surface area (Å²) in [6, 6.07) is 10.4. The standard InChI is InChI=1S/C21H23ClFN3O2/c1-21(16-6-5-14(22)11-17(16)23)27-18-4-2-3-15(20(18)28-21)13-7-9-26(10-8-13)12-19(24)25/h2-6,11,13H,7-10,12H2,1H3,(H3,24,25). The largest absolute Gasteiger partial charge is 0.444 e. The van der Waals surface area contributed by atoms with E-state index in [0.29, 0.717) is 34.5 Å². The van der Waals surface area contributed by atoms with Crippen LogP contribution in [0.3, 0.4) is 0 Å². The fourth-order valence-corrected chi connectivity index (χ4v) is 4.24. The molecule has 1 saturated heterocycles. The maximum absolute atomic E-state index is 14.5. The lowest BCUT2D eigenvalue weighted by Crippen LogP contribution is -2.39. The van der Waals surface area contributed by atoms with Gasteiger partial charge < -0.3 is 15.2 Å². The van der Waals surface area contributed by atoms with Crippen molar-refractivity contribution in [3.05, 3.63) is 58.4 Å². The van der Waals surface area contributed by atoms with E-state index in [1.54, 1.807) is 19.1 Å². The number of piperidine rings is 1. The van der Waals surface area contributed by atoms with Crippen LogP contribution in [0.1, 0.15) is 36.8 Å². The number of para-hydroxylation sites is 1. The molecule has 2 heterocycles. The number of nitrogens with two attached hydrogens (primary N) is 1. The van der Waals surface area contributed by atoms with Gasteiger partial charge in [0, 0.05) is 17.5 Å². The Bertz CT molecular complexity index is 915. The van der Waals surface area contributed by atoms with Gasteiger partial charge in [0.25, 0.3) is 5.79 Å². The molecule has 0 radical (unpaired) electrons. The molecule has 2 aromatic carbocycles. The van der Waals surface area contributed by atoms with Crippen LogP contribution in [-0.4, -0.2) is 30.4 Å². The van der Waals surface area contributed by atoms with Gasteiger partial charge in [-0.05, 0) is 56.1 Å². The Labute approximate surface area is 168 Å². The second-order valence-electron chi connectivity index (χ2n) is 7.52. The van der Waals surface area contributed by atoms with E-state index in [-0.39, 0.29) is 5.84 Å². The monoisotopic (exact) mass is 403 g/mol. The molecule has 0 aromatic heterocycles. The van der Waals surface area contributed by atoms with Crippen LogP contribution in [0.15, 0.2) is 36.4 Å². The minimum Gasteiger partial charge on any atom is -0.444 e. The number of nitrogens with zero attached hydrogens (tertiary/aromatic N) is 1. The molecule has 0 aliphatic carbocycles. The van der Waals surface area contributed by atoms with E-state index in [9.17, 15) is 4.39 Å². The second-order valence-corrected chi connectivity index (χ2v) is 7.96. The Morgan fingerprint density at radius 1 is 1.29 bits per heavy atom. The molecule has 5 nitrogen and oxygen atoms in total. The Hall–Kier alpha value is -2.31. The molecule has 7 heteroatoms. The molecular formula is C21H23ClFN3O2. The van der Waals surface area contributed by atoms with Gasteiger partial charge in [0.05, 0.1) is 12.1 Å². The van der Waals surface area contributed by atoms with E-state index in [2.05, 4.69) is 11.0 Å². The molecule has 2 aliphatic rings. The number of benzene rings is 2. The molecule has 3 N–H and O–H groups in total. The summed E-state index contributed by atoms with van der Waals surface area (Å²) in [7, 11) is 0. The summed E-state index contributed by atoms with van der Waals surface area (Å²) < 4.78 is 26.7. The SMILES string of the molecule is CC1(c2ccc(Cl)cc2F)Oc2cccc(C3CCN(CC(=N)N)CC3)c2O1. The molecule has 4 rings (SSSR count). The van der Waals surface area contributed by atoms with Crippen LogP contribution in [0.25, 0.3) is 0 Å². The molecule has 1 unspecified atom stereocenters. The van der Waals surface area contributed by atoms with Crippen molar-refractivity contribution in [2.45, 2.75) is 31.5 Å². The zero-order chi connectivity index (χ0) is 19.9. The van der Waals surface area contributed by atoms with Crippen molar-refractivity contribution in [3.63, 3.8) is 0 Å². The number of fused-ring (bicyclic) bond motifs is 1. The van der Waals surface area contributed by atoms with E-state index >= 15 is 0 Å². The van der Waals surface area contributed by atoms with Gasteiger partial charge in [-0.1, -0.05) is 23.7 Å². The van der Waals surface area contributed by atoms with E-state index in [0.717, 1.165) is 31.5 Å². The molecule has 2 aromatic rings. The summed E-state index contributed by atoms with van der Waals surface area (Å²) in [5.41, 5.74) is 6.91. The highest BCUT2D eigenvalue weighted by molar-refractivity contribution is 6.30. The van der Waals surface area contributed by atoms with Gasteiger partial charge in [-0.15, -0.1) is 0 Å². The summed E-state index contributed by atoms with van der Waals surface area (Å²) in [5, 5.41) is 7.79. The summed E-state index contributed by atoms with van der Waals surface area (Å²) >= 11 is 5.88. The molecule has 1 atom stereocenters. The maximum atomic E-state index is 14.5. The molecule has 28 heavy (non-hydrogen) atoms. The van der Waals surface area contributed by atoms with Gasteiger partial charge in [-0.25, -0.2) is 4.39 Å². The molecule has 0 spiro atoms. The minimum atomic E-state index is -1.23. The average molecular weight is 404 g/mol. The molecule has 0 bridgehead atoms. The van der Waals surface area contributed by atoms with Crippen LogP contribution < -0.4 is 15.2 Å². The maximum Gasteiger partial charge on any atom is 0.278 e. The fraction of sp³-hybridized carbons (Fsp3) is 0.381. The van der Waals surface area contributed by atoms with Crippen molar-refractivity contribution in [2.75, 3.05) is 19.6 Å². The normalized spacial score (nSPS) is 22.4. The van der Waals surface area contributed by atoms with Crippen LogP contribution in [0.5, 0.6) is 11.5 Å². The number of hydrogen-bond donors (Lipinski definition) is 2. The molecule has 1 fully saturated rings. The number of hydrogen-bond acceptors (Lipinski definition) is 4. The van der Waals surface area contributed by atoms with Gasteiger partial charge in [-0.3, -0.25) is 10.3 Å². The second kappa shape index (κ2) is 7.26.